The van der Waals surface area contributed by atoms with E-state index in [9.17, 15) is 4.79 Å². The summed E-state index contributed by atoms with van der Waals surface area (Å²) in [7, 11) is 1.76. The lowest BCUT2D eigenvalue weighted by atomic mass is 10.1. The number of aromatic nitrogens is 6. The van der Waals surface area contributed by atoms with Gasteiger partial charge in [-0.3, -0.25) is 4.79 Å². The van der Waals surface area contributed by atoms with Crippen LogP contribution in [0.5, 0.6) is 0 Å². The molecule has 3 heterocycles. The largest absolute Gasteiger partial charge is 0.352 e. The number of hydrogen-bond donors (Lipinski definition) is 0. The summed E-state index contributed by atoms with van der Waals surface area (Å²) in [5, 5.41) is 20.7. The van der Waals surface area contributed by atoms with Crippen molar-refractivity contribution in [2.24, 2.45) is 7.05 Å². The van der Waals surface area contributed by atoms with Crippen LogP contribution < -0.4 is 4.90 Å². The quantitative estimate of drug-likeness (QED) is 0.583. The van der Waals surface area contributed by atoms with Crippen molar-refractivity contribution < 1.29 is 4.79 Å². The lowest BCUT2D eigenvalue weighted by molar-refractivity contribution is -0.128. The van der Waals surface area contributed by atoms with Gasteiger partial charge in [0, 0.05) is 38.8 Å². The highest BCUT2D eigenvalue weighted by Crippen LogP contribution is 2.22. The fraction of sp³-hybridized carbons (Fsp3) is 0.368. The Morgan fingerprint density at radius 1 is 1.03 bits per heavy atom. The first-order valence-corrected chi connectivity index (χ1v) is 10.4. The molecule has 0 saturated carbocycles. The van der Waals surface area contributed by atoms with Crippen molar-refractivity contribution in [1.29, 1.82) is 0 Å². The van der Waals surface area contributed by atoms with Gasteiger partial charge >= 0.3 is 0 Å². The molecule has 0 radical (unpaired) electrons. The minimum atomic E-state index is 0.0960. The molecule has 1 aromatic carbocycles. The third-order valence-corrected chi connectivity index (χ3v) is 5.93. The van der Waals surface area contributed by atoms with Gasteiger partial charge in [0.1, 0.15) is 0 Å². The Kier molecular flexibility index (Phi) is 5.70. The molecule has 3 aromatic rings. The van der Waals surface area contributed by atoms with Crippen LogP contribution in [0.25, 0.3) is 11.3 Å². The molecule has 0 bridgehead atoms. The molecular formula is C19H22N8OS. The summed E-state index contributed by atoms with van der Waals surface area (Å²) in [6.07, 6.45) is 0. The summed E-state index contributed by atoms with van der Waals surface area (Å²) in [5.41, 5.74) is 3.14. The number of thioether (sulfide) groups is 1. The van der Waals surface area contributed by atoms with Crippen molar-refractivity contribution >= 4 is 23.5 Å². The number of aryl methyl sites for hydroxylation is 2. The minimum Gasteiger partial charge on any atom is -0.352 e. The maximum absolute atomic E-state index is 12.5. The molecule has 1 aliphatic heterocycles. The standard InChI is InChI=1S/C19H22N8OS/c1-14-5-3-4-6-15(14)16-7-8-17(21-20-16)26-9-11-27(12-10-26)18(28)13-29-19-22-23-24-25(19)2/h3-8H,9-13H2,1-2H3. The number of carbonyl (C=O) groups is 1. The first-order chi connectivity index (χ1) is 14.1. The highest BCUT2D eigenvalue weighted by Gasteiger charge is 2.22. The summed E-state index contributed by atoms with van der Waals surface area (Å²) in [6, 6.07) is 12.2. The second-order valence-corrected chi connectivity index (χ2v) is 7.78. The summed E-state index contributed by atoms with van der Waals surface area (Å²) in [6.45, 7) is 4.87. The number of tetrazole rings is 1. The highest BCUT2D eigenvalue weighted by molar-refractivity contribution is 7.99. The zero-order chi connectivity index (χ0) is 20.2. The molecule has 150 valence electrons. The third kappa shape index (κ3) is 4.37. The normalized spacial score (nSPS) is 14.3. The first kappa shape index (κ1) is 19.3. The molecule has 4 rings (SSSR count). The van der Waals surface area contributed by atoms with E-state index >= 15 is 0 Å². The van der Waals surface area contributed by atoms with Crippen LogP contribution in [-0.2, 0) is 11.8 Å². The molecule has 2 aromatic heterocycles. The third-order valence-electron chi connectivity index (χ3n) is 4.93. The molecule has 10 heteroatoms. The fourth-order valence-electron chi connectivity index (χ4n) is 3.24. The van der Waals surface area contributed by atoms with E-state index in [0.29, 0.717) is 24.0 Å². The summed E-state index contributed by atoms with van der Waals surface area (Å²) in [5.74, 6) is 1.27. The number of carbonyl (C=O) groups excluding carboxylic acids is 1. The monoisotopic (exact) mass is 410 g/mol. The van der Waals surface area contributed by atoms with E-state index in [2.05, 4.69) is 49.7 Å². The smallest absolute Gasteiger partial charge is 0.233 e. The van der Waals surface area contributed by atoms with E-state index in [0.717, 1.165) is 30.2 Å². The van der Waals surface area contributed by atoms with Crippen LogP contribution >= 0.6 is 11.8 Å². The maximum Gasteiger partial charge on any atom is 0.233 e. The fourth-order valence-corrected chi connectivity index (χ4v) is 4.00. The molecule has 0 aliphatic carbocycles. The number of amides is 1. The van der Waals surface area contributed by atoms with Gasteiger partial charge in [-0.2, -0.15) is 0 Å². The Morgan fingerprint density at radius 3 is 2.48 bits per heavy atom. The van der Waals surface area contributed by atoms with Gasteiger partial charge in [0.2, 0.25) is 11.1 Å². The average molecular weight is 411 g/mol. The van der Waals surface area contributed by atoms with E-state index < -0.39 is 0 Å². The average Bonchev–Trinajstić information content (AvgIpc) is 3.17. The van der Waals surface area contributed by atoms with Gasteiger partial charge in [-0.25, -0.2) is 4.68 Å². The van der Waals surface area contributed by atoms with Crippen molar-refractivity contribution in [2.45, 2.75) is 12.1 Å². The van der Waals surface area contributed by atoms with Crippen molar-refractivity contribution in [3.63, 3.8) is 0 Å². The Labute approximate surface area is 173 Å². The number of hydrogen-bond acceptors (Lipinski definition) is 8. The topological polar surface area (TPSA) is 92.9 Å². The van der Waals surface area contributed by atoms with Gasteiger partial charge in [0.15, 0.2) is 5.82 Å². The Bertz CT molecular complexity index is 982. The van der Waals surface area contributed by atoms with Crippen molar-refractivity contribution in [3.05, 3.63) is 42.0 Å². The van der Waals surface area contributed by atoms with E-state index in [1.54, 1.807) is 11.7 Å². The van der Waals surface area contributed by atoms with Gasteiger partial charge in [0.05, 0.1) is 11.4 Å². The molecule has 1 saturated heterocycles. The van der Waals surface area contributed by atoms with Gasteiger partial charge in [-0.15, -0.1) is 15.3 Å². The van der Waals surface area contributed by atoms with E-state index in [-0.39, 0.29) is 5.91 Å². The summed E-state index contributed by atoms with van der Waals surface area (Å²) >= 11 is 1.35. The van der Waals surface area contributed by atoms with Crippen LogP contribution in [0.2, 0.25) is 0 Å². The van der Waals surface area contributed by atoms with Gasteiger partial charge in [-0.05, 0) is 35.0 Å². The maximum atomic E-state index is 12.5. The first-order valence-electron chi connectivity index (χ1n) is 9.39. The van der Waals surface area contributed by atoms with Crippen LogP contribution in [0.4, 0.5) is 5.82 Å². The summed E-state index contributed by atoms with van der Waals surface area (Å²) < 4.78 is 1.56. The lowest BCUT2D eigenvalue weighted by Crippen LogP contribution is -2.49. The molecule has 1 aliphatic rings. The predicted octanol–water partition coefficient (Wildman–Crippen LogP) is 1.42. The molecule has 29 heavy (non-hydrogen) atoms. The number of anilines is 1. The Balaban J connectivity index is 1.32. The predicted molar refractivity (Wildman–Crippen MR) is 111 cm³/mol. The Hall–Kier alpha value is -3.01. The van der Waals surface area contributed by atoms with Crippen LogP contribution in [0.15, 0.2) is 41.6 Å². The highest BCUT2D eigenvalue weighted by atomic mass is 32.2. The number of rotatable bonds is 5. The molecule has 0 spiro atoms. The lowest BCUT2D eigenvalue weighted by Gasteiger charge is -2.35. The van der Waals surface area contributed by atoms with Crippen LogP contribution in [-0.4, -0.2) is 73.1 Å². The zero-order valence-electron chi connectivity index (χ0n) is 16.4. The zero-order valence-corrected chi connectivity index (χ0v) is 17.2. The van der Waals surface area contributed by atoms with E-state index in [1.807, 2.05) is 29.2 Å². The van der Waals surface area contributed by atoms with Gasteiger partial charge < -0.3 is 9.80 Å². The second kappa shape index (κ2) is 8.56. The molecule has 0 N–H and O–H groups in total. The van der Waals surface area contributed by atoms with E-state index in [4.69, 9.17) is 0 Å². The van der Waals surface area contributed by atoms with Crippen LogP contribution in [0, 0.1) is 6.92 Å². The molecule has 0 unspecified atom stereocenters. The molecule has 0 atom stereocenters. The van der Waals surface area contributed by atoms with Crippen LogP contribution in [0.1, 0.15) is 5.56 Å². The van der Waals surface area contributed by atoms with Gasteiger partial charge in [0.25, 0.3) is 0 Å². The number of nitrogens with zero attached hydrogens (tertiary/aromatic N) is 8. The minimum absolute atomic E-state index is 0.0960. The van der Waals surface area contributed by atoms with Crippen LogP contribution in [0.3, 0.4) is 0 Å². The van der Waals surface area contributed by atoms with E-state index in [1.165, 1.54) is 17.3 Å². The number of benzene rings is 1. The van der Waals surface area contributed by atoms with Crippen molar-refractivity contribution in [2.75, 3.05) is 36.8 Å². The van der Waals surface area contributed by atoms with Crippen molar-refractivity contribution in [3.8, 4) is 11.3 Å². The summed E-state index contributed by atoms with van der Waals surface area (Å²) in [4.78, 5) is 16.5. The Morgan fingerprint density at radius 2 is 1.83 bits per heavy atom. The molecular weight excluding hydrogens is 388 g/mol. The van der Waals surface area contributed by atoms with Gasteiger partial charge in [-0.1, -0.05) is 36.0 Å². The molecule has 9 nitrogen and oxygen atoms in total. The second-order valence-electron chi connectivity index (χ2n) is 6.83. The van der Waals surface area contributed by atoms with Crippen molar-refractivity contribution in [1.82, 2.24) is 35.3 Å². The SMILES string of the molecule is Cc1ccccc1-c1ccc(N2CCN(C(=O)CSc3nnnn3C)CC2)nn1. The molecule has 1 amide bonds. The number of piperazine rings is 1. The molecule has 1 fully saturated rings.